The van der Waals surface area contributed by atoms with Gasteiger partial charge in [0.15, 0.2) is 5.76 Å². The topological polar surface area (TPSA) is 103 Å². The van der Waals surface area contributed by atoms with E-state index in [1.165, 1.54) is 21.9 Å². The number of aryl methyl sites for hydroxylation is 1. The first-order valence-corrected chi connectivity index (χ1v) is 9.95. The van der Waals surface area contributed by atoms with E-state index in [1.54, 1.807) is 18.4 Å². The van der Waals surface area contributed by atoms with Crippen LogP contribution in [-0.2, 0) is 19.5 Å². The van der Waals surface area contributed by atoms with E-state index in [9.17, 15) is 4.79 Å². The van der Waals surface area contributed by atoms with Crippen molar-refractivity contribution in [2.75, 3.05) is 6.54 Å². The van der Waals surface area contributed by atoms with Gasteiger partial charge in [-0.15, -0.1) is 10.2 Å². The lowest BCUT2D eigenvalue weighted by Crippen LogP contribution is -2.26. The maximum Gasteiger partial charge on any atom is 0.283 e. The fourth-order valence-corrected chi connectivity index (χ4v) is 3.75. The molecule has 10 heteroatoms. The summed E-state index contributed by atoms with van der Waals surface area (Å²) in [5, 5.41) is 13.3. The molecule has 28 heavy (non-hydrogen) atoms. The van der Waals surface area contributed by atoms with Gasteiger partial charge in [0, 0.05) is 12.6 Å². The van der Waals surface area contributed by atoms with E-state index in [0.29, 0.717) is 41.3 Å². The lowest BCUT2D eigenvalue weighted by Gasteiger charge is -2.18. The van der Waals surface area contributed by atoms with E-state index in [4.69, 9.17) is 8.83 Å². The van der Waals surface area contributed by atoms with Crippen molar-refractivity contribution in [3.63, 3.8) is 0 Å². The number of rotatable bonds is 8. The molecule has 0 atom stereocenters. The predicted octanol–water partition coefficient (Wildman–Crippen LogP) is 2.77. The van der Waals surface area contributed by atoms with Crippen molar-refractivity contribution < 1.29 is 8.83 Å². The maximum atomic E-state index is 12.4. The molecule has 0 radical (unpaired) electrons. The van der Waals surface area contributed by atoms with Crippen LogP contribution in [0.25, 0.3) is 16.6 Å². The molecule has 9 nitrogen and oxygen atoms in total. The quantitative estimate of drug-likeness (QED) is 0.445. The van der Waals surface area contributed by atoms with E-state index >= 15 is 0 Å². The maximum absolute atomic E-state index is 12.4. The number of nitrogens with zero attached hydrogens (tertiary/aromatic N) is 6. The molecule has 146 valence electrons. The van der Waals surface area contributed by atoms with Crippen molar-refractivity contribution in [1.29, 1.82) is 0 Å². The first-order valence-electron chi connectivity index (χ1n) is 9.13. The fraction of sp³-hybridized carbons (Fsp3) is 0.389. The van der Waals surface area contributed by atoms with Crippen molar-refractivity contribution in [1.82, 2.24) is 29.7 Å². The summed E-state index contributed by atoms with van der Waals surface area (Å²) in [5.74, 6) is 1.38. The van der Waals surface area contributed by atoms with Gasteiger partial charge < -0.3 is 8.83 Å². The number of fused-ring (bicyclic) bond motifs is 1. The van der Waals surface area contributed by atoms with E-state index in [-0.39, 0.29) is 5.56 Å². The van der Waals surface area contributed by atoms with Gasteiger partial charge in [0.05, 0.1) is 18.5 Å². The molecule has 0 saturated carbocycles. The van der Waals surface area contributed by atoms with E-state index in [1.807, 2.05) is 6.92 Å². The summed E-state index contributed by atoms with van der Waals surface area (Å²) in [6, 6.07) is 5.08. The van der Waals surface area contributed by atoms with E-state index in [2.05, 4.69) is 32.1 Å². The third-order valence-corrected chi connectivity index (χ3v) is 5.18. The van der Waals surface area contributed by atoms with Gasteiger partial charge in [-0.3, -0.25) is 9.69 Å². The molecule has 0 unspecified atom stereocenters. The molecule has 4 aromatic rings. The van der Waals surface area contributed by atoms with Gasteiger partial charge in [-0.1, -0.05) is 25.2 Å². The molecular formula is C18H20N6O3S. The highest BCUT2D eigenvalue weighted by Gasteiger charge is 2.16. The third-order valence-electron chi connectivity index (χ3n) is 4.13. The highest BCUT2D eigenvalue weighted by Crippen LogP contribution is 2.19. The minimum absolute atomic E-state index is 0.162. The Balaban J connectivity index is 1.53. The van der Waals surface area contributed by atoms with Gasteiger partial charge >= 0.3 is 0 Å². The summed E-state index contributed by atoms with van der Waals surface area (Å²) < 4.78 is 12.4. The minimum Gasteiger partial charge on any atom is -0.459 e. The van der Waals surface area contributed by atoms with Crippen molar-refractivity contribution in [2.24, 2.45) is 0 Å². The molecule has 0 fully saturated rings. The van der Waals surface area contributed by atoms with Crippen LogP contribution in [0.2, 0.25) is 0 Å². The molecule has 0 bridgehead atoms. The first kappa shape index (κ1) is 18.5. The summed E-state index contributed by atoms with van der Waals surface area (Å²) in [6.07, 6.45) is 3.28. The van der Waals surface area contributed by atoms with Crippen molar-refractivity contribution in [2.45, 2.75) is 39.8 Å². The Morgan fingerprint density at radius 2 is 2.14 bits per heavy atom. The second kappa shape index (κ2) is 8.03. The average molecular weight is 400 g/mol. The van der Waals surface area contributed by atoms with Crippen LogP contribution in [-0.4, -0.2) is 36.2 Å². The average Bonchev–Trinajstić information content (AvgIpc) is 3.42. The Labute approximate surface area is 164 Å². The Bertz CT molecular complexity index is 1110. The van der Waals surface area contributed by atoms with E-state index < -0.39 is 0 Å². The Kier molecular flexibility index (Phi) is 5.31. The monoisotopic (exact) mass is 400 g/mol. The SMILES string of the molecule is CCCN(Cc1cc(=O)n2nc(CC)sc2n1)Cc1nnc(-c2ccco2)o1. The highest BCUT2D eigenvalue weighted by atomic mass is 32.1. The molecular weight excluding hydrogens is 380 g/mol. The molecule has 0 aliphatic rings. The van der Waals surface area contributed by atoms with Crippen LogP contribution in [0.5, 0.6) is 0 Å². The molecule has 0 saturated heterocycles. The van der Waals surface area contributed by atoms with Crippen molar-refractivity contribution in [3.05, 3.63) is 51.4 Å². The summed E-state index contributed by atoms with van der Waals surface area (Å²) in [4.78, 5) is 19.7. The van der Waals surface area contributed by atoms with Crippen molar-refractivity contribution >= 4 is 16.3 Å². The van der Waals surface area contributed by atoms with Crippen LogP contribution in [0, 0.1) is 0 Å². The van der Waals surface area contributed by atoms with E-state index in [0.717, 1.165) is 24.4 Å². The molecule has 0 aliphatic carbocycles. The number of aromatic nitrogens is 5. The summed E-state index contributed by atoms with van der Waals surface area (Å²) in [7, 11) is 0. The zero-order chi connectivity index (χ0) is 19.5. The number of furan rings is 1. The summed E-state index contributed by atoms with van der Waals surface area (Å²) in [5.41, 5.74) is 0.542. The number of hydrogen-bond acceptors (Lipinski definition) is 9. The molecule has 0 spiro atoms. The first-order chi connectivity index (χ1) is 13.7. The molecule has 4 rings (SSSR count). The zero-order valence-corrected chi connectivity index (χ0v) is 16.5. The number of hydrogen-bond donors (Lipinski definition) is 0. The second-order valence-corrected chi connectivity index (χ2v) is 7.36. The highest BCUT2D eigenvalue weighted by molar-refractivity contribution is 7.16. The van der Waals surface area contributed by atoms with Gasteiger partial charge in [0.2, 0.25) is 10.9 Å². The zero-order valence-electron chi connectivity index (χ0n) is 15.7. The van der Waals surface area contributed by atoms with Crippen LogP contribution in [0.4, 0.5) is 0 Å². The van der Waals surface area contributed by atoms with Gasteiger partial charge in [0.1, 0.15) is 5.01 Å². The normalized spacial score (nSPS) is 11.7. The molecule has 0 N–H and O–H groups in total. The third kappa shape index (κ3) is 3.87. The Hall–Kier alpha value is -2.85. The standard InChI is InChI=1S/C18H20N6O3S/c1-3-7-23(11-14-20-21-17(27-14)13-6-5-8-26-13)10-12-9-16(25)24-18(19-12)28-15(4-2)22-24/h5-6,8-9H,3-4,7,10-11H2,1-2H3. The molecule has 0 aromatic carbocycles. The van der Waals surface area contributed by atoms with Crippen LogP contribution < -0.4 is 5.56 Å². The lowest BCUT2D eigenvalue weighted by atomic mass is 10.3. The lowest BCUT2D eigenvalue weighted by molar-refractivity contribution is 0.229. The summed E-state index contributed by atoms with van der Waals surface area (Å²) in [6.45, 7) is 5.89. The fourth-order valence-electron chi connectivity index (χ4n) is 2.89. The molecule has 4 aromatic heterocycles. The molecule has 0 aliphatic heterocycles. The van der Waals surface area contributed by atoms with Gasteiger partial charge in [-0.05, 0) is 31.5 Å². The molecule has 0 amide bonds. The minimum atomic E-state index is -0.162. The molecule has 4 heterocycles. The Morgan fingerprint density at radius 1 is 1.25 bits per heavy atom. The van der Waals surface area contributed by atoms with Crippen LogP contribution in [0.15, 0.2) is 38.1 Å². The summed E-state index contributed by atoms with van der Waals surface area (Å²) >= 11 is 1.44. The largest absolute Gasteiger partial charge is 0.459 e. The van der Waals surface area contributed by atoms with Crippen LogP contribution in [0.3, 0.4) is 0 Å². The van der Waals surface area contributed by atoms with Gasteiger partial charge in [-0.25, -0.2) is 4.98 Å². The van der Waals surface area contributed by atoms with Gasteiger partial charge in [-0.2, -0.15) is 9.61 Å². The van der Waals surface area contributed by atoms with Crippen LogP contribution >= 0.6 is 11.3 Å². The Morgan fingerprint density at radius 3 is 2.89 bits per heavy atom. The predicted molar refractivity (Wildman–Crippen MR) is 103 cm³/mol. The second-order valence-electron chi connectivity index (χ2n) is 6.32. The van der Waals surface area contributed by atoms with Crippen LogP contribution in [0.1, 0.15) is 36.9 Å². The van der Waals surface area contributed by atoms with Gasteiger partial charge in [0.25, 0.3) is 11.4 Å². The smallest absolute Gasteiger partial charge is 0.283 e. The van der Waals surface area contributed by atoms with Crippen molar-refractivity contribution in [3.8, 4) is 11.7 Å².